The Morgan fingerprint density at radius 3 is 2.52 bits per heavy atom. The lowest BCUT2D eigenvalue weighted by Crippen LogP contribution is -2.44. The van der Waals surface area contributed by atoms with Crippen LogP contribution in [-0.2, 0) is 6.61 Å². The van der Waals surface area contributed by atoms with Gasteiger partial charge >= 0.3 is 0 Å². The molecular formula is C18H24N4O3. The van der Waals surface area contributed by atoms with Crippen molar-refractivity contribution in [2.75, 3.05) is 27.2 Å². The van der Waals surface area contributed by atoms with Gasteiger partial charge in [0, 0.05) is 31.6 Å². The maximum Gasteiger partial charge on any atom is 0.253 e. The van der Waals surface area contributed by atoms with Gasteiger partial charge in [0.15, 0.2) is 6.61 Å². The van der Waals surface area contributed by atoms with Crippen LogP contribution in [0.4, 0.5) is 0 Å². The molecule has 0 atom stereocenters. The largest absolute Gasteiger partial charge is 0.485 e. The zero-order valence-corrected chi connectivity index (χ0v) is 14.9. The molecule has 7 heteroatoms. The third-order valence-electron chi connectivity index (χ3n) is 4.52. The van der Waals surface area contributed by atoms with Gasteiger partial charge in [0.25, 0.3) is 5.91 Å². The molecule has 1 fully saturated rings. The Hall–Kier alpha value is -2.41. The highest BCUT2D eigenvalue weighted by molar-refractivity contribution is 5.94. The molecule has 25 heavy (non-hydrogen) atoms. The van der Waals surface area contributed by atoms with E-state index in [0.29, 0.717) is 29.1 Å². The third-order valence-corrected chi connectivity index (χ3v) is 4.52. The predicted molar refractivity (Wildman–Crippen MR) is 92.4 cm³/mol. The van der Waals surface area contributed by atoms with Crippen molar-refractivity contribution in [2.45, 2.75) is 32.4 Å². The van der Waals surface area contributed by atoms with Crippen LogP contribution in [0.5, 0.6) is 5.75 Å². The number of carbonyl (C=O) groups excluding carboxylic acids is 1. The SMILES string of the molecule is Cc1nc(COc2ccc(C(=O)N3CCC(N(C)C)CC3)cc2)no1. The number of hydrogen-bond donors (Lipinski definition) is 0. The Morgan fingerprint density at radius 1 is 1.28 bits per heavy atom. The summed E-state index contributed by atoms with van der Waals surface area (Å²) in [5.41, 5.74) is 0.686. The molecule has 0 spiro atoms. The Balaban J connectivity index is 1.54. The number of piperidine rings is 1. The Kier molecular flexibility index (Phi) is 5.33. The lowest BCUT2D eigenvalue weighted by atomic mass is 10.0. The lowest BCUT2D eigenvalue weighted by molar-refractivity contribution is 0.0663. The molecule has 1 amide bonds. The van der Waals surface area contributed by atoms with Crippen LogP contribution in [0.25, 0.3) is 0 Å². The van der Waals surface area contributed by atoms with Crippen LogP contribution in [0, 0.1) is 6.92 Å². The van der Waals surface area contributed by atoms with Gasteiger partial charge in [0.1, 0.15) is 5.75 Å². The molecule has 7 nitrogen and oxygen atoms in total. The molecule has 0 bridgehead atoms. The van der Waals surface area contributed by atoms with E-state index in [-0.39, 0.29) is 12.5 Å². The molecule has 0 unspecified atom stereocenters. The molecule has 134 valence electrons. The maximum atomic E-state index is 12.6. The summed E-state index contributed by atoms with van der Waals surface area (Å²) >= 11 is 0. The van der Waals surface area contributed by atoms with Gasteiger partial charge in [-0.25, -0.2) is 0 Å². The van der Waals surface area contributed by atoms with Gasteiger partial charge in [-0.05, 0) is 51.2 Å². The molecule has 0 saturated carbocycles. The summed E-state index contributed by atoms with van der Waals surface area (Å²) in [6.07, 6.45) is 2.04. The van der Waals surface area contributed by atoms with Crippen LogP contribution >= 0.6 is 0 Å². The fourth-order valence-electron chi connectivity index (χ4n) is 3.01. The first-order valence-electron chi connectivity index (χ1n) is 8.50. The van der Waals surface area contributed by atoms with Gasteiger partial charge < -0.3 is 19.1 Å². The molecule has 0 aliphatic carbocycles. The molecule has 1 aliphatic heterocycles. The van der Waals surface area contributed by atoms with Crippen molar-refractivity contribution in [3.8, 4) is 5.75 Å². The number of ether oxygens (including phenoxy) is 1. The van der Waals surface area contributed by atoms with E-state index in [9.17, 15) is 4.79 Å². The smallest absolute Gasteiger partial charge is 0.253 e. The number of likely N-dealkylation sites (tertiary alicyclic amines) is 1. The number of amides is 1. The first kappa shape index (κ1) is 17.4. The minimum Gasteiger partial charge on any atom is -0.485 e. The maximum absolute atomic E-state index is 12.6. The Bertz CT molecular complexity index is 703. The zero-order chi connectivity index (χ0) is 17.8. The van der Waals surface area contributed by atoms with E-state index in [0.717, 1.165) is 25.9 Å². The quantitative estimate of drug-likeness (QED) is 0.827. The van der Waals surface area contributed by atoms with Gasteiger partial charge in [-0.15, -0.1) is 0 Å². The summed E-state index contributed by atoms with van der Waals surface area (Å²) in [6.45, 7) is 3.58. The second-order valence-electron chi connectivity index (χ2n) is 6.53. The highest BCUT2D eigenvalue weighted by Crippen LogP contribution is 2.19. The molecule has 0 N–H and O–H groups in total. The number of hydrogen-bond acceptors (Lipinski definition) is 6. The fourth-order valence-corrected chi connectivity index (χ4v) is 3.01. The molecule has 1 saturated heterocycles. The van der Waals surface area contributed by atoms with E-state index in [4.69, 9.17) is 9.26 Å². The normalized spacial score (nSPS) is 15.6. The monoisotopic (exact) mass is 344 g/mol. The van der Waals surface area contributed by atoms with E-state index in [1.54, 1.807) is 31.2 Å². The van der Waals surface area contributed by atoms with Crippen molar-refractivity contribution in [3.63, 3.8) is 0 Å². The van der Waals surface area contributed by atoms with Crippen molar-refractivity contribution in [1.82, 2.24) is 19.9 Å². The summed E-state index contributed by atoms with van der Waals surface area (Å²) in [6, 6.07) is 7.77. The van der Waals surface area contributed by atoms with Gasteiger partial charge in [-0.2, -0.15) is 4.98 Å². The van der Waals surface area contributed by atoms with Crippen molar-refractivity contribution in [3.05, 3.63) is 41.5 Å². The standard InChI is InChI=1S/C18H24N4O3/c1-13-19-17(20-25-13)12-24-16-6-4-14(5-7-16)18(23)22-10-8-15(9-11-22)21(2)3/h4-7,15H,8-12H2,1-3H3. The summed E-state index contributed by atoms with van der Waals surface area (Å²) in [5.74, 6) is 1.77. The highest BCUT2D eigenvalue weighted by Gasteiger charge is 2.24. The van der Waals surface area contributed by atoms with Crippen LogP contribution in [0.15, 0.2) is 28.8 Å². The Labute approximate surface area is 147 Å². The average Bonchev–Trinajstić information content (AvgIpc) is 3.05. The van der Waals surface area contributed by atoms with Gasteiger partial charge in [-0.1, -0.05) is 5.16 Å². The van der Waals surface area contributed by atoms with Crippen LogP contribution in [-0.4, -0.2) is 59.1 Å². The van der Waals surface area contributed by atoms with Crippen LogP contribution < -0.4 is 4.74 Å². The molecule has 2 heterocycles. The zero-order valence-electron chi connectivity index (χ0n) is 14.9. The fraction of sp³-hybridized carbons (Fsp3) is 0.500. The molecule has 1 aliphatic rings. The Morgan fingerprint density at radius 2 is 1.96 bits per heavy atom. The van der Waals surface area contributed by atoms with Crippen LogP contribution in [0.2, 0.25) is 0 Å². The van der Waals surface area contributed by atoms with E-state index in [1.807, 2.05) is 4.90 Å². The molecule has 1 aromatic heterocycles. The minimum absolute atomic E-state index is 0.0811. The minimum atomic E-state index is 0.0811. The summed E-state index contributed by atoms with van der Waals surface area (Å²) in [7, 11) is 4.19. The summed E-state index contributed by atoms with van der Waals surface area (Å²) in [4.78, 5) is 20.9. The van der Waals surface area contributed by atoms with Crippen molar-refractivity contribution in [2.24, 2.45) is 0 Å². The first-order valence-corrected chi connectivity index (χ1v) is 8.50. The highest BCUT2D eigenvalue weighted by atomic mass is 16.5. The molecule has 2 aromatic rings. The van der Waals surface area contributed by atoms with E-state index in [1.165, 1.54) is 0 Å². The van der Waals surface area contributed by atoms with E-state index >= 15 is 0 Å². The second kappa shape index (κ2) is 7.65. The van der Waals surface area contributed by atoms with Crippen molar-refractivity contribution < 1.29 is 14.1 Å². The summed E-state index contributed by atoms with van der Waals surface area (Å²) < 4.78 is 10.5. The molecule has 0 radical (unpaired) electrons. The lowest BCUT2D eigenvalue weighted by Gasteiger charge is -2.35. The van der Waals surface area contributed by atoms with Gasteiger partial charge in [0.2, 0.25) is 11.7 Å². The molecular weight excluding hydrogens is 320 g/mol. The van der Waals surface area contributed by atoms with E-state index in [2.05, 4.69) is 29.1 Å². The van der Waals surface area contributed by atoms with E-state index < -0.39 is 0 Å². The average molecular weight is 344 g/mol. The number of carbonyl (C=O) groups is 1. The topological polar surface area (TPSA) is 71.7 Å². The van der Waals surface area contributed by atoms with Crippen molar-refractivity contribution in [1.29, 1.82) is 0 Å². The van der Waals surface area contributed by atoms with Crippen LogP contribution in [0.3, 0.4) is 0 Å². The summed E-state index contributed by atoms with van der Waals surface area (Å²) in [5, 5.41) is 3.78. The number of benzene rings is 1. The number of aryl methyl sites for hydroxylation is 1. The number of aromatic nitrogens is 2. The number of nitrogens with zero attached hydrogens (tertiary/aromatic N) is 4. The molecule has 3 rings (SSSR count). The second-order valence-corrected chi connectivity index (χ2v) is 6.53. The predicted octanol–water partition coefficient (Wildman–Crippen LogP) is 2.12. The van der Waals surface area contributed by atoms with Crippen molar-refractivity contribution >= 4 is 5.91 Å². The first-order chi connectivity index (χ1) is 12.0. The van der Waals surface area contributed by atoms with Gasteiger partial charge in [0.05, 0.1) is 0 Å². The van der Waals surface area contributed by atoms with Crippen LogP contribution in [0.1, 0.15) is 34.9 Å². The van der Waals surface area contributed by atoms with Gasteiger partial charge in [-0.3, -0.25) is 4.79 Å². The third kappa shape index (κ3) is 4.36. The number of rotatable bonds is 5. The molecule has 1 aromatic carbocycles.